The fourth-order valence-corrected chi connectivity index (χ4v) is 7.38. The molecule has 1 aromatic heterocycles. The molecule has 1 amide bonds. The van der Waals surface area contributed by atoms with Gasteiger partial charge >= 0.3 is 12.1 Å². The van der Waals surface area contributed by atoms with Crippen molar-refractivity contribution in [3.05, 3.63) is 102 Å². The molecule has 1 aliphatic carbocycles. The largest absolute Gasteiger partial charge is 0.480 e. The Morgan fingerprint density at radius 3 is 2.36 bits per heavy atom. The third kappa shape index (κ3) is 6.26. The van der Waals surface area contributed by atoms with E-state index in [2.05, 4.69) is 5.32 Å². The number of furan rings is 1. The third-order valence-corrected chi connectivity index (χ3v) is 9.00. The zero-order valence-corrected chi connectivity index (χ0v) is 24.5. The van der Waals surface area contributed by atoms with E-state index in [1.54, 1.807) is 20.8 Å². The van der Waals surface area contributed by atoms with Crippen LogP contribution in [-0.2, 0) is 24.8 Å². The number of para-hydroxylation sites is 2. The summed E-state index contributed by atoms with van der Waals surface area (Å²) in [7, 11) is -4.08. The highest BCUT2D eigenvalue weighted by molar-refractivity contribution is 7.91. The molecule has 0 saturated carbocycles. The van der Waals surface area contributed by atoms with Gasteiger partial charge in [0, 0.05) is 21.8 Å². The number of ether oxygens (including phenoxy) is 1. The fourth-order valence-electron chi connectivity index (χ4n) is 5.38. The zero-order chi connectivity index (χ0) is 30.1. The molecule has 0 spiro atoms. The minimum absolute atomic E-state index is 0.334. The zero-order valence-electron chi connectivity index (χ0n) is 23.7. The second-order valence-electron chi connectivity index (χ2n) is 11.6. The lowest BCUT2D eigenvalue weighted by molar-refractivity contribution is -0.138. The van der Waals surface area contributed by atoms with Crippen molar-refractivity contribution in [2.75, 3.05) is 11.5 Å². The van der Waals surface area contributed by atoms with Crippen molar-refractivity contribution < 1.29 is 32.3 Å². The Bertz CT molecular complexity index is 1810. The number of fused-ring (bicyclic) bond motifs is 3. The first kappa shape index (κ1) is 29.1. The van der Waals surface area contributed by atoms with Gasteiger partial charge in [0.15, 0.2) is 9.84 Å². The summed E-state index contributed by atoms with van der Waals surface area (Å²) in [6.07, 6.45) is 5.12. The van der Waals surface area contributed by atoms with E-state index in [4.69, 9.17) is 9.15 Å². The van der Waals surface area contributed by atoms with Gasteiger partial charge in [-0.25, -0.2) is 18.0 Å². The molecule has 0 radical (unpaired) electrons. The van der Waals surface area contributed by atoms with E-state index >= 15 is 0 Å². The number of carbonyl (C=O) groups excluding carboxylic acids is 1. The molecule has 3 aromatic carbocycles. The maximum absolute atomic E-state index is 13.8. The number of carboxylic acid groups (broad SMARTS) is 1. The van der Waals surface area contributed by atoms with Crippen molar-refractivity contribution in [3.8, 4) is 0 Å². The molecule has 42 heavy (non-hydrogen) atoms. The van der Waals surface area contributed by atoms with E-state index in [0.717, 1.165) is 21.9 Å². The molecule has 218 valence electrons. The normalized spacial score (nSPS) is 18.0. The Morgan fingerprint density at radius 2 is 1.69 bits per heavy atom. The van der Waals surface area contributed by atoms with Crippen molar-refractivity contribution in [2.24, 2.45) is 0 Å². The SMILES string of the molecule is CC(C)(C)OC(=O)NC(CS(=O)(=O)CC1(c2cccc3c2oc2ccccc23)C=CC(c2ccccc2)=CC1)C(=O)O. The Balaban J connectivity index is 1.54. The van der Waals surface area contributed by atoms with Gasteiger partial charge < -0.3 is 19.6 Å². The van der Waals surface area contributed by atoms with Crippen molar-refractivity contribution in [3.63, 3.8) is 0 Å². The summed E-state index contributed by atoms with van der Waals surface area (Å²) in [5.74, 6) is -2.67. The smallest absolute Gasteiger partial charge is 0.408 e. The van der Waals surface area contributed by atoms with Crippen LogP contribution in [0.4, 0.5) is 4.79 Å². The lowest BCUT2D eigenvalue weighted by atomic mass is 9.74. The average Bonchev–Trinajstić information content (AvgIpc) is 3.31. The highest BCUT2D eigenvalue weighted by Crippen LogP contribution is 2.43. The second-order valence-corrected chi connectivity index (χ2v) is 13.7. The highest BCUT2D eigenvalue weighted by atomic mass is 32.2. The summed E-state index contributed by atoms with van der Waals surface area (Å²) < 4.78 is 39.0. The van der Waals surface area contributed by atoms with Gasteiger partial charge in [-0.15, -0.1) is 0 Å². The Morgan fingerprint density at radius 1 is 1.00 bits per heavy atom. The average molecular weight is 588 g/mol. The van der Waals surface area contributed by atoms with E-state index in [9.17, 15) is 23.1 Å². The molecule has 0 bridgehead atoms. The number of sulfone groups is 1. The first-order valence-electron chi connectivity index (χ1n) is 13.6. The van der Waals surface area contributed by atoms with Crippen LogP contribution >= 0.6 is 0 Å². The van der Waals surface area contributed by atoms with E-state index in [-0.39, 0.29) is 0 Å². The monoisotopic (exact) mass is 587 g/mol. The number of allylic oxidation sites excluding steroid dienone is 4. The summed E-state index contributed by atoms with van der Waals surface area (Å²) in [5, 5.41) is 13.8. The van der Waals surface area contributed by atoms with Crippen LogP contribution < -0.4 is 5.32 Å². The van der Waals surface area contributed by atoms with Crippen LogP contribution in [0.5, 0.6) is 0 Å². The fraction of sp³-hybridized carbons (Fsp3) is 0.273. The first-order valence-corrected chi connectivity index (χ1v) is 15.5. The Kier molecular flexibility index (Phi) is 7.72. The molecular formula is C33H33NO7S. The van der Waals surface area contributed by atoms with E-state index in [0.29, 0.717) is 23.2 Å². The van der Waals surface area contributed by atoms with E-state index < -0.39 is 50.5 Å². The molecule has 2 atom stereocenters. The van der Waals surface area contributed by atoms with Gasteiger partial charge in [-0.1, -0.05) is 85.0 Å². The Labute approximate surface area is 244 Å². The molecule has 4 aromatic rings. The summed E-state index contributed by atoms with van der Waals surface area (Å²) in [6.45, 7) is 4.90. The molecule has 0 aliphatic heterocycles. The number of hydrogen-bond acceptors (Lipinski definition) is 6. The summed E-state index contributed by atoms with van der Waals surface area (Å²) in [6, 6.07) is 21.4. The number of aliphatic carboxylic acids is 1. The predicted molar refractivity (Wildman–Crippen MR) is 163 cm³/mol. The molecule has 9 heteroatoms. The van der Waals surface area contributed by atoms with Gasteiger partial charge in [0.05, 0.1) is 11.5 Å². The van der Waals surface area contributed by atoms with Crippen LogP contribution in [0.25, 0.3) is 27.5 Å². The van der Waals surface area contributed by atoms with Gasteiger partial charge in [-0.2, -0.15) is 0 Å². The van der Waals surface area contributed by atoms with Crippen molar-refractivity contribution >= 4 is 49.4 Å². The van der Waals surface area contributed by atoms with Gasteiger partial charge in [0.2, 0.25) is 0 Å². The number of alkyl carbamates (subject to hydrolysis) is 1. The van der Waals surface area contributed by atoms with Crippen LogP contribution in [0.1, 0.15) is 38.3 Å². The molecule has 1 heterocycles. The molecular weight excluding hydrogens is 554 g/mol. The lowest BCUT2D eigenvalue weighted by Gasteiger charge is -2.33. The third-order valence-electron chi connectivity index (χ3n) is 7.20. The second kappa shape index (κ2) is 11.1. The lowest BCUT2D eigenvalue weighted by Crippen LogP contribution is -2.48. The van der Waals surface area contributed by atoms with Crippen LogP contribution in [0.3, 0.4) is 0 Å². The summed E-state index contributed by atoms with van der Waals surface area (Å²) in [5.41, 5.74) is 1.97. The van der Waals surface area contributed by atoms with Gasteiger partial charge in [-0.05, 0) is 44.4 Å². The highest BCUT2D eigenvalue weighted by Gasteiger charge is 2.40. The number of nitrogens with one attached hydrogen (secondary N) is 1. The number of hydrogen-bond donors (Lipinski definition) is 2. The number of rotatable bonds is 8. The summed E-state index contributed by atoms with van der Waals surface area (Å²) >= 11 is 0. The van der Waals surface area contributed by atoms with Crippen molar-refractivity contribution in [2.45, 2.75) is 44.2 Å². The number of benzene rings is 3. The molecule has 0 fully saturated rings. The number of carboxylic acids is 1. The molecule has 1 aliphatic rings. The molecule has 2 unspecified atom stereocenters. The van der Waals surface area contributed by atoms with Crippen LogP contribution in [0.15, 0.2) is 95.4 Å². The minimum Gasteiger partial charge on any atom is -0.480 e. The van der Waals surface area contributed by atoms with Gasteiger partial charge in [0.25, 0.3) is 0 Å². The molecule has 0 saturated heterocycles. The van der Waals surface area contributed by atoms with E-state index in [1.165, 1.54) is 0 Å². The summed E-state index contributed by atoms with van der Waals surface area (Å²) in [4.78, 5) is 24.3. The first-order chi connectivity index (χ1) is 19.9. The van der Waals surface area contributed by atoms with Crippen LogP contribution in [0.2, 0.25) is 0 Å². The minimum atomic E-state index is -4.08. The van der Waals surface area contributed by atoms with Crippen LogP contribution in [0, 0.1) is 0 Å². The predicted octanol–water partition coefficient (Wildman–Crippen LogP) is 6.26. The quantitative estimate of drug-likeness (QED) is 0.249. The van der Waals surface area contributed by atoms with Crippen molar-refractivity contribution in [1.29, 1.82) is 0 Å². The maximum atomic E-state index is 13.8. The van der Waals surface area contributed by atoms with Gasteiger partial charge in [-0.3, -0.25) is 0 Å². The van der Waals surface area contributed by atoms with Gasteiger partial charge in [0.1, 0.15) is 22.8 Å². The standard InChI is InChI=1S/C33H33NO7S/c1-32(2,3)41-31(37)34-27(30(35)36)20-42(38,39)21-33(18-16-23(17-19-33)22-10-5-4-6-11-22)26-14-9-13-25-24-12-7-8-15-28(24)40-29(25)26/h4-18,27H,19-21H2,1-3H3,(H,34,37)(H,35,36). The molecule has 2 N–H and O–H groups in total. The topological polar surface area (TPSA) is 123 Å². The van der Waals surface area contributed by atoms with Crippen LogP contribution in [-0.4, -0.2) is 48.7 Å². The molecule has 5 rings (SSSR count). The number of amides is 1. The van der Waals surface area contributed by atoms with E-state index in [1.807, 2.05) is 91.0 Å². The Hall–Kier alpha value is -4.37. The van der Waals surface area contributed by atoms with Crippen molar-refractivity contribution in [1.82, 2.24) is 5.32 Å². The maximum Gasteiger partial charge on any atom is 0.408 e. The number of carbonyl (C=O) groups is 2. The molecule has 8 nitrogen and oxygen atoms in total.